The first-order chi connectivity index (χ1) is 20.1. The van der Waals surface area contributed by atoms with Crippen molar-refractivity contribution < 1.29 is 24.0 Å². The molecule has 220 valence electrons. The fraction of sp³-hybridized carbons (Fsp3) is 0.344. The van der Waals surface area contributed by atoms with Crippen molar-refractivity contribution in [2.24, 2.45) is 5.92 Å². The average Bonchev–Trinajstić information content (AvgIpc) is 2.96. The van der Waals surface area contributed by atoms with E-state index >= 15 is 0 Å². The molecule has 0 saturated heterocycles. The number of ether oxygens (including phenoxy) is 1. The molecule has 10 nitrogen and oxygen atoms in total. The van der Waals surface area contributed by atoms with Gasteiger partial charge in [0.1, 0.15) is 11.8 Å². The predicted molar refractivity (Wildman–Crippen MR) is 158 cm³/mol. The molecule has 3 aromatic carbocycles. The van der Waals surface area contributed by atoms with Crippen LogP contribution in [-0.4, -0.2) is 53.2 Å². The van der Waals surface area contributed by atoms with Gasteiger partial charge in [0.05, 0.1) is 11.5 Å². The van der Waals surface area contributed by atoms with E-state index in [0.717, 1.165) is 12.0 Å². The Morgan fingerprint density at radius 1 is 1.07 bits per heavy atom. The first-order valence-electron chi connectivity index (χ1n) is 14.1. The third kappa shape index (κ3) is 7.93. The van der Waals surface area contributed by atoms with E-state index < -0.39 is 22.8 Å². The lowest BCUT2D eigenvalue weighted by atomic mass is 10.00. The van der Waals surface area contributed by atoms with Gasteiger partial charge in [-0.05, 0) is 47.6 Å². The van der Waals surface area contributed by atoms with E-state index in [1.807, 2.05) is 37.3 Å². The fourth-order valence-electron chi connectivity index (χ4n) is 4.83. The standard InChI is InChI=1S/C32H36N4O6/c1-21(2)14-15-33-31(38)27-17-23-8-7-11-26(16-23)42-29-18-25(12-13-28(29)36(40)41)32(39)35(20-30(37)34-27)19-22(3)24-9-5-4-6-10-24/h4-13,16,18,21-22,27H,14-15,17,19-20H2,1-3H3,(H,33,38)(H,34,37). The number of hydrogen-bond donors (Lipinski definition) is 2. The van der Waals surface area contributed by atoms with E-state index in [-0.39, 0.29) is 48.3 Å². The molecule has 4 rings (SSSR count). The molecule has 0 aliphatic carbocycles. The molecule has 0 radical (unpaired) electrons. The van der Waals surface area contributed by atoms with Crippen LogP contribution in [0, 0.1) is 16.0 Å². The number of nitrogens with zero attached hydrogens (tertiary/aromatic N) is 2. The summed E-state index contributed by atoms with van der Waals surface area (Å²) < 4.78 is 5.94. The maximum atomic E-state index is 13.8. The summed E-state index contributed by atoms with van der Waals surface area (Å²) in [5.74, 6) is -0.828. The second-order valence-corrected chi connectivity index (χ2v) is 11.0. The van der Waals surface area contributed by atoms with E-state index in [4.69, 9.17) is 4.74 Å². The third-order valence-electron chi connectivity index (χ3n) is 7.13. The van der Waals surface area contributed by atoms with Crippen molar-refractivity contribution in [1.82, 2.24) is 15.5 Å². The maximum Gasteiger partial charge on any atom is 0.311 e. The molecular formula is C32H36N4O6. The molecule has 0 spiro atoms. The van der Waals surface area contributed by atoms with Gasteiger partial charge < -0.3 is 20.3 Å². The molecular weight excluding hydrogens is 536 g/mol. The first-order valence-corrected chi connectivity index (χ1v) is 14.1. The number of nitro groups is 1. The molecule has 3 aromatic rings. The summed E-state index contributed by atoms with van der Waals surface area (Å²) in [6, 6.07) is 19.4. The van der Waals surface area contributed by atoms with Crippen LogP contribution in [0.2, 0.25) is 0 Å². The quantitative estimate of drug-likeness (QED) is 0.294. The highest BCUT2D eigenvalue weighted by Crippen LogP contribution is 2.33. The lowest BCUT2D eigenvalue weighted by molar-refractivity contribution is -0.385. The molecule has 1 heterocycles. The largest absolute Gasteiger partial charge is 0.450 e. The fourth-order valence-corrected chi connectivity index (χ4v) is 4.83. The van der Waals surface area contributed by atoms with Crippen LogP contribution < -0.4 is 15.4 Å². The summed E-state index contributed by atoms with van der Waals surface area (Å²) >= 11 is 0. The Morgan fingerprint density at radius 2 is 1.83 bits per heavy atom. The molecule has 2 unspecified atom stereocenters. The maximum absolute atomic E-state index is 13.8. The summed E-state index contributed by atoms with van der Waals surface area (Å²) in [7, 11) is 0. The zero-order chi connectivity index (χ0) is 30.2. The molecule has 0 fully saturated rings. The highest BCUT2D eigenvalue weighted by molar-refractivity contribution is 5.98. The van der Waals surface area contributed by atoms with Gasteiger partial charge in [-0.15, -0.1) is 0 Å². The second-order valence-electron chi connectivity index (χ2n) is 11.0. The van der Waals surface area contributed by atoms with Gasteiger partial charge in [0, 0.05) is 37.2 Å². The number of benzene rings is 3. The van der Waals surface area contributed by atoms with Crippen LogP contribution in [0.25, 0.3) is 0 Å². The van der Waals surface area contributed by atoms with Crippen LogP contribution in [-0.2, 0) is 16.0 Å². The van der Waals surface area contributed by atoms with Crippen molar-refractivity contribution in [1.29, 1.82) is 0 Å². The number of nitrogens with one attached hydrogen (secondary N) is 2. The Bertz CT molecular complexity index is 1440. The number of carbonyl (C=O) groups is 3. The van der Waals surface area contributed by atoms with Crippen molar-refractivity contribution in [3.63, 3.8) is 0 Å². The highest BCUT2D eigenvalue weighted by Gasteiger charge is 2.28. The Balaban J connectivity index is 1.72. The zero-order valence-electron chi connectivity index (χ0n) is 24.0. The van der Waals surface area contributed by atoms with Gasteiger partial charge in [0.15, 0.2) is 0 Å². The minimum Gasteiger partial charge on any atom is -0.450 e. The molecule has 1 aliphatic rings. The summed E-state index contributed by atoms with van der Waals surface area (Å²) in [5, 5.41) is 17.5. The highest BCUT2D eigenvalue weighted by atomic mass is 16.6. The Morgan fingerprint density at radius 3 is 2.55 bits per heavy atom. The van der Waals surface area contributed by atoms with Crippen LogP contribution in [0.5, 0.6) is 11.5 Å². The number of hydrogen-bond acceptors (Lipinski definition) is 6. The van der Waals surface area contributed by atoms with E-state index in [2.05, 4.69) is 24.5 Å². The molecule has 42 heavy (non-hydrogen) atoms. The first kappa shape index (κ1) is 30.2. The van der Waals surface area contributed by atoms with E-state index in [0.29, 0.717) is 23.8 Å². The van der Waals surface area contributed by atoms with Crippen molar-refractivity contribution in [3.8, 4) is 11.5 Å². The summed E-state index contributed by atoms with van der Waals surface area (Å²) in [6.45, 7) is 6.43. The summed E-state index contributed by atoms with van der Waals surface area (Å²) in [4.78, 5) is 53.0. The monoisotopic (exact) mass is 572 g/mol. The minimum atomic E-state index is -0.904. The van der Waals surface area contributed by atoms with Gasteiger partial charge in [-0.2, -0.15) is 0 Å². The normalized spacial score (nSPS) is 16.2. The number of nitro benzene ring substituents is 1. The van der Waals surface area contributed by atoms with E-state index in [1.54, 1.807) is 24.3 Å². The van der Waals surface area contributed by atoms with Crippen LogP contribution >= 0.6 is 0 Å². The average molecular weight is 573 g/mol. The van der Waals surface area contributed by atoms with Crippen molar-refractivity contribution >= 4 is 23.4 Å². The molecule has 0 aromatic heterocycles. The molecule has 2 atom stereocenters. The van der Waals surface area contributed by atoms with Crippen LogP contribution in [0.3, 0.4) is 0 Å². The van der Waals surface area contributed by atoms with E-state index in [1.165, 1.54) is 23.1 Å². The Hall–Kier alpha value is -4.73. The number of fused-ring (bicyclic) bond motifs is 4. The van der Waals surface area contributed by atoms with Crippen LogP contribution in [0.4, 0.5) is 5.69 Å². The third-order valence-corrected chi connectivity index (χ3v) is 7.13. The smallest absolute Gasteiger partial charge is 0.311 e. The summed E-state index contributed by atoms with van der Waals surface area (Å²) in [6.07, 6.45) is 0.943. The van der Waals surface area contributed by atoms with Crippen molar-refractivity contribution in [3.05, 3.63) is 99.6 Å². The van der Waals surface area contributed by atoms with Crippen LogP contribution in [0.15, 0.2) is 72.8 Å². The van der Waals surface area contributed by atoms with Gasteiger partial charge >= 0.3 is 5.69 Å². The Labute approximate surface area is 245 Å². The molecule has 1 aliphatic heterocycles. The van der Waals surface area contributed by atoms with Gasteiger partial charge in [0.25, 0.3) is 5.91 Å². The van der Waals surface area contributed by atoms with Crippen molar-refractivity contribution in [2.45, 2.75) is 45.6 Å². The number of amides is 3. The Kier molecular flexibility index (Phi) is 9.90. The topological polar surface area (TPSA) is 131 Å². The second kappa shape index (κ2) is 13.8. The lowest BCUT2D eigenvalue weighted by Gasteiger charge is -2.27. The van der Waals surface area contributed by atoms with Gasteiger partial charge in [0.2, 0.25) is 17.6 Å². The molecule has 3 amide bonds. The molecule has 2 N–H and O–H groups in total. The SMILES string of the molecule is CC(C)CCNC(=O)C1Cc2cccc(c2)Oc2cc(ccc2[N+](=O)[O-])C(=O)N(CC(C)c2ccccc2)CC(=O)N1. The molecule has 10 heteroatoms. The predicted octanol–water partition coefficient (Wildman–Crippen LogP) is 4.84. The van der Waals surface area contributed by atoms with Gasteiger partial charge in [-0.3, -0.25) is 24.5 Å². The van der Waals surface area contributed by atoms with Crippen molar-refractivity contribution in [2.75, 3.05) is 19.6 Å². The number of carbonyl (C=O) groups excluding carboxylic acids is 3. The molecule has 0 saturated carbocycles. The lowest BCUT2D eigenvalue weighted by Crippen LogP contribution is -2.51. The van der Waals surface area contributed by atoms with Gasteiger partial charge in [-0.25, -0.2) is 0 Å². The molecule has 4 bridgehead atoms. The van der Waals surface area contributed by atoms with E-state index in [9.17, 15) is 24.5 Å². The number of rotatable bonds is 8. The zero-order valence-corrected chi connectivity index (χ0v) is 24.0. The van der Waals surface area contributed by atoms with Crippen LogP contribution in [0.1, 0.15) is 54.6 Å². The summed E-state index contributed by atoms with van der Waals surface area (Å²) in [5.41, 5.74) is 1.52. The van der Waals surface area contributed by atoms with Gasteiger partial charge in [-0.1, -0.05) is 63.2 Å². The minimum absolute atomic E-state index is 0.0939.